The number of aliphatic hydroxyl groups excluding tert-OH is 5. The van der Waals surface area contributed by atoms with Crippen LogP contribution in [-0.4, -0.2) is 151 Å². The van der Waals surface area contributed by atoms with E-state index in [0.29, 0.717) is 12.8 Å². The number of amides is 3. The maximum atomic E-state index is 13.0. The molecule has 272 valence electrons. The number of carbonyl (C=O) groups excluding carboxylic acids is 3. The van der Waals surface area contributed by atoms with Gasteiger partial charge in [-0.1, -0.05) is 20.3 Å². The molecule has 0 saturated carbocycles. The van der Waals surface area contributed by atoms with Gasteiger partial charge in [-0.3, -0.25) is 29.3 Å². The highest BCUT2D eigenvalue weighted by Gasteiger charge is 2.59. The molecular formula is C26H42N5O16P. The van der Waals surface area contributed by atoms with Crippen LogP contribution in [0.4, 0.5) is 0 Å². The second kappa shape index (κ2) is 16.2. The molecule has 22 heteroatoms. The Bertz CT molecular complexity index is 1300. The number of phosphoric ester groups is 1. The molecule has 3 rings (SSSR count). The molecule has 0 aromatic carbocycles. The Hall–Kier alpha value is -2.95. The highest BCUT2D eigenvalue weighted by molar-refractivity contribution is 7.47. The molecule has 21 nitrogen and oxygen atoms in total. The fourth-order valence-corrected chi connectivity index (χ4v) is 6.38. The number of rotatable bonds is 15. The predicted molar refractivity (Wildman–Crippen MR) is 158 cm³/mol. The number of phosphoric acid groups is 1. The van der Waals surface area contributed by atoms with E-state index in [2.05, 4.69) is 20.9 Å². The lowest BCUT2D eigenvalue weighted by atomic mass is 9.88. The zero-order valence-electron chi connectivity index (χ0n) is 26.2. The fourth-order valence-electron chi connectivity index (χ4n) is 5.43. The summed E-state index contributed by atoms with van der Waals surface area (Å²) in [6.45, 7) is 2.95. The Kier molecular flexibility index (Phi) is 13.3. The summed E-state index contributed by atoms with van der Waals surface area (Å²) in [4.78, 5) is 63.1. The third-order valence-corrected chi connectivity index (χ3v) is 8.92. The van der Waals surface area contributed by atoms with Crippen molar-refractivity contribution in [3.8, 4) is 0 Å². The Morgan fingerprint density at radius 1 is 1.25 bits per heavy atom. The molecule has 0 spiro atoms. The molecule has 0 aromatic heterocycles. The Morgan fingerprint density at radius 2 is 1.92 bits per heavy atom. The number of ether oxygens (including phenoxy) is 2. The maximum Gasteiger partial charge on any atom is 0.475 e. The molecule has 11 N–H and O–H groups in total. The molecule has 0 radical (unpaired) electrons. The predicted octanol–water partition coefficient (Wildman–Crippen LogP) is -4.13. The standard InChI is InChI=1S/C26H42N5O16P/c1-4-5-10(2)23(38)29-7-13(34)18(35)22-16(30-11(3)32)12(33)6-26(46-22,25(40)41)47-48(42,43)44-9-14-19(36)20(37)21(45-14)17-24(39)31-15(27)8-28-17/h8,10,12-14,16-22,33-37H,4-7,9H2,1-3H3,(H,29,38)(H,30,32)(H,40,41)(H,42,43)(H2,27,31,39)/t10?,12?,13?,14-,16?,17?,18?,19-,20-,21+,22?,26?/m1/s1. The molecule has 9 unspecified atom stereocenters. The Morgan fingerprint density at radius 3 is 2.50 bits per heavy atom. The molecular weight excluding hydrogens is 669 g/mol. The van der Waals surface area contributed by atoms with E-state index in [-0.39, 0.29) is 5.84 Å². The van der Waals surface area contributed by atoms with Gasteiger partial charge in [0.2, 0.25) is 11.8 Å². The van der Waals surface area contributed by atoms with Gasteiger partial charge in [0, 0.05) is 25.8 Å². The maximum absolute atomic E-state index is 13.0. The number of nitrogens with zero attached hydrogens (tertiary/aromatic N) is 1. The van der Waals surface area contributed by atoms with Gasteiger partial charge in [-0.15, -0.1) is 0 Å². The zero-order valence-corrected chi connectivity index (χ0v) is 27.1. The van der Waals surface area contributed by atoms with Crippen LogP contribution in [0.15, 0.2) is 4.99 Å². The van der Waals surface area contributed by atoms with E-state index in [1.165, 1.54) is 0 Å². The first-order chi connectivity index (χ1) is 22.3. The smallest absolute Gasteiger partial charge is 0.475 e. The molecule has 2 fully saturated rings. The van der Waals surface area contributed by atoms with Crippen LogP contribution < -0.4 is 16.0 Å². The molecule has 0 aromatic rings. The van der Waals surface area contributed by atoms with Crippen LogP contribution in [0, 0.1) is 11.3 Å². The number of nitrogens with one attached hydrogen (secondary N) is 4. The van der Waals surface area contributed by atoms with Crippen molar-refractivity contribution in [3.05, 3.63) is 0 Å². The van der Waals surface area contributed by atoms with Gasteiger partial charge < -0.3 is 61.0 Å². The largest absolute Gasteiger partial charge is 0.477 e. The van der Waals surface area contributed by atoms with E-state index in [4.69, 9.17) is 23.9 Å². The van der Waals surface area contributed by atoms with Crippen molar-refractivity contribution in [2.75, 3.05) is 13.2 Å². The number of aliphatic imine (C=N–C) groups is 1. The molecule has 3 amide bonds. The Balaban J connectivity index is 1.76. The number of aliphatic hydroxyl groups is 5. The average Bonchev–Trinajstić information content (AvgIpc) is 3.27. The van der Waals surface area contributed by atoms with Crippen LogP contribution in [0.3, 0.4) is 0 Å². The quantitative estimate of drug-likeness (QED) is 0.0718. The number of carboxylic acids is 1. The van der Waals surface area contributed by atoms with Crippen LogP contribution in [-0.2, 0) is 42.3 Å². The zero-order chi connectivity index (χ0) is 36.1. The highest BCUT2D eigenvalue weighted by atomic mass is 31.2. The Labute approximate surface area is 273 Å². The van der Waals surface area contributed by atoms with Crippen molar-refractivity contribution in [2.45, 2.75) is 107 Å². The van der Waals surface area contributed by atoms with Gasteiger partial charge in [0.05, 0.1) is 31.1 Å². The number of carboxylic acid groups (broad SMARTS) is 1. The van der Waals surface area contributed by atoms with E-state index in [1.807, 2.05) is 6.92 Å². The molecule has 3 aliphatic heterocycles. The van der Waals surface area contributed by atoms with Crippen molar-refractivity contribution >= 4 is 43.6 Å². The van der Waals surface area contributed by atoms with Crippen LogP contribution in [0.25, 0.3) is 0 Å². The van der Waals surface area contributed by atoms with E-state index in [9.17, 15) is 59.3 Å². The number of aliphatic carboxylic acids is 1. The molecule has 48 heavy (non-hydrogen) atoms. The number of carbonyl (C=O) groups is 4. The lowest BCUT2D eigenvalue weighted by molar-refractivity contribution is -0.288. The van der Waals surface area contributed by atoms with Gasteiger partial charge in [0.15, 0.2) is 6.04 Å². The summed E-state index contributed by atoms with van der Waals surface area (Å²) in [5.74, 6) is -8.15. The lowest BCUT2D eigenvalue weighted by Crippen LogP contribution is -2.68. The SMILES string of the molecule is CCCC(C)C(=O)NCC(O)C(O)C1OC(OP(=O)(O)OC[C@H]2O[C@@H](C3N=CC(=N)NC3=O)[C@H](O)[C@@H]2O)(C(=O)O)CC(O)C1NC(C)=O. The van der Waals surface area contributed by atoms with Gasteiger partial charge >= 0.3 is 13.8 Å². The van der Waals surface area contributed by atoms with Gasteiger partial charge in [-0.05, 0) is 6.42 Å². The normalized spacial score (nSPS) is 35.2. The second-order valence-corrected chi connectivity index (χ2v) is 13.1. The minimum Gasteiger partial charge on any atom is -0.477 e. The first-order valence-corrected chi connectivity index (χ1v) is 16.4. The third kappa shape index (κ3) is 9.39. The third-order valence-electron chi connectivity index (χ3n) is 7.92. The van der Waals surface area contributed by atoms with E-state index in [0.717, 1.165) is 13.1 Å². The molecule has 0 aliphatic carbocycles. The van der Waals surface area contributed by atoms with Crippen LogP contribution >= 0.6 is 7.82 Å². The van der Waals surface area contributed by atoms with E-state index >= 15 is 0 Å². The topological polar surface area (TPSA) is 336 Å². The lowest BCUT2D eigenvalue weighted by Gasteiger charge is -2.46. The summed E-state index contributed by atoms with van der Waals surface area (Å²) in [5.41, 5.74) is 0. The van der Waals surface area contributed by atoms with Crippen molar-refractivity contribution in [2.24, 2.45) is 10.9 Å². The first-order valence-electron chi connectivity index (χ1n) is 14.9. The van der Waals surface area contributed by atoms with Gasteiger partial charge in [-0.25, -0.2) is 13.9 Å². The fraction of sp³-hybridized carbons (Fsp3) is 0.769. The highest BCUT2D eigenvalue weighted by Crippen LogP contribution is 2.51. The summed E-state index contributed by atoms with van der Waals surface area (Å²) >= 11 is 0. The van der Waals surface area contributed by atoms with Crippen molar-refractivity contribution in [1.82, 2.24) is 16.0 Å². The van der Waals surface area contributed by atoms with Crippen LogP contribution in [0.2, 0.25) is 0 Å². The molecule has 13 atom stereocenters. The minimum atomic E-state index is -5.56. The number of amidine groups is 1. The minimum absolute atomic E-state index is 0.332. The summed E-state index contributed by atoms with van der Waals surface area (Å²) in [7, 11) is -5.56. The van der Waals surface area contributed by atoms with Gasteiger partial charge in [-0.2, -0.15) is 0 Å². The molecule has 0 bridgehead atoms. The van der Waals surface area contributed by atoms with Crippen LogP contribution in [0.5, 0.6) is 0 Å². The average molecular weight is 712 g/mol. The summed E-state index contributed by atoms with van der Waals surface area (Å²) < 4.78 is 33.6. The number of hydrogen-bond donors (Lipinski definition) is 11. The summed E-state index contributed by atoms with van der Waals surface area (Å²) in [6, 6.07) is -2.98. The monoisotopic (exact) mass is 711 g/mol. The second-order valence-electron chi connectivity index (χ2n) is 11.7. The summed E-state index contributed by atoms with van der Waals surface area (Å²) in [6.07, 6.45) is -13.4. The van der Waals surface area contributed by atoms with E-state index < -0.39 is 124 Å². The van der Waals surface area contributed by atoms with Crippen LogP contribution in [0.1, 0.15) is 40.0 Å². The van der Waals surface area contributed by atoms with E-state index in [1.54, 1.807) is 6.92 Å². The van der Waals surface area contributed by atoms with Gasteiger partial charge in [0.1, 0.15) is 42.5 Å². The van der Waals surface area contributed by atoms with Crippen molar-refractivity contribution < 1.29 is 77.8 Å². The van der Waals surface area contributed by atoms with Gasteiger partial charge in [0.25, 0.3) is 11.7 Å². The van der Waals surface area contributed by atoms with Crippen molar-refractivity contribution in [3.63, 3.8) is 0 Å². The molecule has 3 aliphatic rings. The van der Waals surface area contributed by atoms with Crippen molar-refractivity contribution in [1.29, 1.82) is 5.41 Å². The molecule has 3 heterocycles. The first kappa shape index (κ1) is 39.5. The summed E-state index contributed by atoms with van der Waals surface area (Å²) in [5, 5.41) is 77.6. The molecule has 2 saturated heterocycles. The number of hydrogen-bond acceptors (Lipinski definition) is 16.